The third-order valence-corrected chi connectivity index (χ3v) is 8.75. The van der Waals surface area contributed by atoms with Crippen LogP contribution in [-0.2, 0) is 52.1 Å². The topological polar surface area (TPSA) is 102 Å². The lowest BCUT2D eigenvalue weighted by Crippen LogP contribution is -2.15. The predicted molar refractivity (Wildman–Crippen MR) is 218 cm³/mol. The summed E-state index contributed by atoms with van der Waals surface area (Å²) in [4.78, 5) is 0. The molecule has 326 valence electrons. The Kier molecular flexibility index (Phi) is 52.1. The first-order chi connectivity index (χ1) is 26.9. The van der Waals surface area contributed by atoms with Crippen molar-refractivity contribution >= 4 is 0 Å². The summed E-state index contributed by atoms with van der Waals surface area (Å²) in [6.45, 7) is 17.4. The summed E-state index contributed by atoms with van der Waals surface area (Å²) >= 11 is 0. The van der Waals surface area contributed by atoms with Gasteiger partial charge in [-0.25, -0.2) is 0 Å². The highest BCUT2D eigenvalue weighted by atomic mass is 16.6. The van der Waals surface area contributed by atoms with Crippen LogP contribution in [0.3, 0.4) is 0 Å². The zero-order valence-electron chi connectivity index (χ0n) is 35.5. The fourth-order valence-electron chi connectivity index (χ4n) is 5.51. The molecule has 0 aromatic heterocycles. The van der Waals surface area contributed by atoms with Crippen molar-refractivity contribution in [3.63, 3.8) is 0 Å². The Morgan fingerprint density at radius 3 is 0.444 bits per heavy atom. The monoisotopic (exact) mass is 781 g/mol. The van der Waals surface area contributed by atoms with Gasteiger partial charge in [0.05, 0.1) is 132 Å². The molecule has 0 fully saturated rings. The Morgan fingerprint density at radius 1 is 0.148 bits per heavy atom. The fraction of sp³-hybridized carbons (Fsp3) is 1.00. The molecule has 0 heterocycles. The van der Waals surface area contributed by atoms with Gasteiger partial charge >= 0.3 is 0 Å². The van der Waals surface area contributed by atoms with Gasteiger partial charge in [0.25, 0.3) is 0 Å². The molecule has 0 rings (SSSR count). The van der Waals surface area contributed by atoms with Crippen molar-refractivity contribution in [1.82, 2.24) is 0 Å². The third kappa shape index (κ3) is 51.6. The van der Waals surface area contributed by atoms with E-state index in [1.165, 1.54) is 109 Å². The molecule has 0 saturated heterocycles. The first-order valence-electron chi connectivity index (χ1n) is 22.3. The standard InChI is InChI=1S/C43H88O11/c1-3-5-7-9-11-13-14-15-17-19-21-23-45-25-27-47-29-31-49-33-35-51-37-39-53-41-43-54-42-40-52-38-36-50-34-32-48-30-28-46-26-24-44-22-20-18-16-12-10-8-6-4-2/h3-43H2,1-2H3. The van der Waals surface area contributed by atoms with Crippen molar-refractivity contribution in [1.29, 1.82) is 0 Å². The zero-order chi connectivity index (χ0) is 38.8. The van der Waals surface area contributed by atoms with E-state index >= 15 is 0 Å². The molecule has 11 nitrogen and oxygen atoms in total. The lowest BCUT2D eigenvalue weighted by atomic mass is 10.1. The van der Waals surface area contributed by atoms with Gasteiger partial charge in [0, 0.05) is 13.2 Å². The summed E-state index contributed by atoms with van der Waals surface area (Å²) in [6, 6.07) is 0. The Morgan fingerprint density at radius 2 is 0.278 bits per heavy atom. The van der Waals surface area contributed by atoms with Gasteiger partial charge in [-0.15, -0.1) is 0 Å². The number of ether oxygens (including phenoxy) is 11. The van der Waals surface area contributed by atoms with Gasteiger partial charge in [-0.2, -0.15) is 0 Å². The van der Waals surface area contributed by atoms with E-state index in [0.29, 0.717) is 132 Å². The van der Waals surface area contributed by atoms with Crippen molar-refractivity contribution < 1.29 is 52.1 Å². The molecular weight excluding hydrogens is 692 g/mol. The molecule has 54 heavy (non-hydrogen) atoms. The van der Waals surface area contributed by atoms with Crippen molar-refractivity contribution in [2.45, 2.75) is 136 Å². The molecule has 0 spiro atoms. The quantitative estimate of drug-likeness (QED) is 0.0555. The second-order valence-corrected chi connectivity index (χ2v) is 13.7. The van der Waals surface area contributed by atoms with Crippen LogP contribution in [0.2, 0.25) is 0 Å². The van der Waals surface area contributed by atoms with E-state index in [-0.39, 0.29) is 0 Å². The number of unbranched alkanes of at least 4 members (excludes halogenated alkanes) is 17. The van der Waals surface area contributed by atoms with Gasteiger partial charge in [0.1, 0.15) is 0 Å². The van der Waals surface area contributed by atoms with Crippen molar-refractivity contribution in [2.24, 2.45) is 0 Å². The van der Waals surface area contributed by atoms with Gasteiger partial charge in [-0.05, 0) is 12.8 Å². The molecule has 0 radical (unpaired) electrons. The molecule has 0 unspecified atom stereocenters. The summed E-state index contributed by atoms with van der Waals surface area (Å²) in [7, 11) is 0. The summed E-state index contributed by atoms with van der Waals surface area (Å²) in [5.41, 5.74) is 0. The van der Waals surface area contributed by atoms with Crippen LogP contribution >= 0.6 is 0 Å². The first-order valence-corrected chi connectivity index (χ1v) is 22.3. The van der Waals surface area contributed by atoms with Crippen molar-refractivity contribution in [3.8, 4) is 0 Å². The maximum Gasteiger partial charge on any atom is 0.0701 e. The largest absolute Gasteiger partial charge is 0.379 e. The van der Waals surface area contributed by atoms with Gasteiger partial charge in [0.2, 0.25) is 0 Å². The lowest BCUT2D eigenvalue weighted by Gasteiger charge is -2.09. The second-order valence-electron chi connectivity index (χ2n) is 13.7. The average Bonchev–Trinajstić information content (AvgIpc) is 3.18. The van der Waals surface area contributed by atoms with Gasteiger partial charge in [0.15, 0.2) is 0 Å². The molecule has 0 N–H and O–H groups in total. The van der Waals surface area contributed by atoms with E-state index in [0.717, 1.165) is 26.1 Å². The van der Waals surface area contributed by atoms with E-state index in [4.69, 9.17) is 52.1 Å². The predicted octanol–water partition coefficient (Wildman–Crippen LogP) is 8.62. The van der Waals surface area contributed by atoms with Crippen molar-refractivity contribution in [3.05, 3.63) is 0 Å². The third-order valence-electron chi connectivity index (χ3n) is 8.75. The highest BCUT2D eigenvalue weighted by Gasteiger charge is 1.98. The molecule has 0 bridgehead atoms. The minimum absolute atomic E-state index is 0.528. The van der Waals surface area contributed by atoms with E-state index in [9.17, 15) is 0 Å². The summed E-state index contributed by atoms with van der Waals surface area (Å²) in [5, 5.41) is 0. The zero-order valence-corrected chi connectivity index (χ0v) is 35.5. The fourth-order valence-corrected chi connectivity index (χ4v) is 5.51. The van der Waals surface area contributed by atoms with Crippen LogP contribution in [0, 0.1) is 0 Å². The average molecular weight is 781 g/mol. The highest BCUT2D eigenvalue weighted by molar-refractivity contribution is 4.49. The number of hydrogen-bond acceptors (Lipinski definition) is 11. The normalized spacial score (nSPS) is 11.7. The molecule has 0 aliphatic rings. The van der Waals surface area contributed by atoms with Crippen LogP contribution in [0.4, 0.5) is 0 Å². The number of hydrogen-bond donors (Lipinski definition) is 0. The molecule has 0 aliphatic heterocycles. The van der Waals surface area contributed by atoms with Gasteiger partial charge < -0.3 is 52.1 Å². The minimum Gasteiger partial charge on any atom is -0.379 e. The molecule has 0 atom stereocenters. The Hall–Kier alpha value is -0.440. The molecule has 0 aromatic carbocycles. The van der Waals surface area contributed by atoms with Crippen LogP contribution in [0.15, 0.2) is 0 Å². The first kappa shape index (κ1) is 53.6. The Labute approximate surface area is 332 Å². The molecule has 0 aliphatic carbocycles. The Bertz CT molecular complexity index is 580. The molecule has 0 amide bonds. The SMILES string of the molecule is CCCCCCCCCCCCCOCCOCCOCCOCCOCCOCCOCCOCCOCCOCCOCCCCCCCCCC. The summed E-state index contributed by atoms with van der Waals surface area (Å²) in [6.07, 6.45) is 25.4. The van der Waals surface area contributed by atoms with Crippen LogP contribution in [0.5, 0.6) is 0 Å². The van der Waals surface area contributed by atoms with E-state index in [1.54, 1.807) is 0 Å². The highest BCUT2D eigenvalue weighted by Crippen LogP contribution is 2.11. The Balaban J connectivity index is 3.05. The van der Waals surface area contributed by atoms with Crippen LogP contribution in [0.25, 0.3) is 0 Å². The van der Waals surface area contributed by atoms with E-state index in [1.807, 2.05) is 0 Å². The lowest BCUT2D eigenvalue weighted by molar-refractivity contribution is -0.0275. The van der Waals surface area contributed by atoms with Gasteiger partial charge in [-0.1, -0.05) is 123 Å². The number of rotatable bonds is 51. The molecule has 0 saturated carbocycles. The maximum atomic E-state index is 5.67. The van der Waals surface area contributed by atoms with Gasteiger partial charge in [-0.3, -0.25) is 0 Å². The maximum absolute atomic E-state index is 5.67. The van der Waals surface area contributed by atoms with Crippen LogP contribution < -0.4 is 0 Å². The summed E-state index contributed by atoms with van der Waals surface area (Å²) < 4.78 is 61.1. The molecular formula is C43H88O11. The van der Waals surface area contributed by atoms with Crippen molar-refractivity contribution in [2.75, 3.05) is 145 Å². The molecule has 0 aromatic rings. The molecule has 11 heteroatoms. The van der Waals surface area contributed by atoms with Crippen LogP contribution in [-0.4, -0.2) is 145 Å². The second kappa shape index (κ2) is 52.6. The minimum atomic E-state index is 0.528. The van der Waals surface area contributed by atoms with Crippen LogP contribution in [0.1, 0.15) is 136 Å². The summed E-state index contributed by atoms with van der Waals surface area (Å²) in [5.74, 6) is 0. The van der Waals surface area contributed by atoms with E-state index < -0.39 is 0 Å². The smallest absolute Gasteiger partial charge is 0.0701 e. The van der Waals surface area contributed by atoms with E-state index in [2.05, 4.69) is 13.8 Å².